The maximum Gasteiger partial charge on any atom is 0.421 e. The van der Waals surface area contributed by atoms with Gasteiger partial charge in [-0.15, -0.1) is 0 Å². The third-order valence-electron chi connectivity index (χ3n) is 16.8. The minimum atomic E-state index is -0.227. The molecular formula is C78H81BClN5. The normalized spacial score (nSPS) is 12.8. The van der Waals surface area contributed by atoms with Crippen molar-refractivity contribution in [1.82, 2.24) is 0 Å². The molecule has 1 heterocycles. The Morgan fingerprint density at radius 1 is 0.306 bits per heavy atom. The molecule has 0 fully saturated rings. The second-order valence-electron chi connectivity index (χ2n) is 27.1. The van der Waals surface area contributed by atoms with Crippen molar-refractivity contribution in [2.24, 2.45) is 0 Å². The number of para-hydroxylation sites is 4. The quantitative estimate of drug-likeness (QED) is 0.113. The summed E-state index contributed by atoms with van der Waals surface area (Å²) >= 11 is 8.49. The summed E-state index contributed by atoms with van der Waals surface area (Å²) in [5.41, 5.74) is 21.7. The van der Waals surface area contributed by atoms with Crippen LogP contribution in [0.15, 0.2) is 237 Å². The van der Waals surface area contributed by atoms with Crippen LogP contribution in [0.2, 0.25) is 5.02 Å². The Bertz CT molecular complexity index is 3830. The molecule has 1 aliphatic rings. The number of anilines is 13. The van der Waals surface area contributed by atoms with Crippen LogP contribution in [0.3, 0.4) is 0 Å². The predicted octanol–water partition coefficient (Wildman–Crippen LogP) is 22.2. The van der Waals surface area contributed by atoms with Gasteiger partial charge < -0.3 is 24.3 Å². The van der Waals surface area contributed by atoms with E-state index in [4.69, 9.17) is 11.6 Å². The first kappa shape index (κ1) is 58.3. The molecular weight excluding hydrogens is 1050 g/mol. The first-order valence-electron chi connectivity index (χ1n) is 30.1. The number of nitrogens with zero attached hydrogens (tertiary/aromatic N) is 5. The van der Waals surface area contributed by atoms with E-state index in [0.29, 0.717) is 5.02 Å². The molecule has 0 saturated carbocycles. The number of fused-ring (bicyclic) bond motifs is 1. The van der Waals surface area contributed by atoms with E-state index < -0.39 is 0 Å². The lowest BCUT2D eigenvalue weighted by Crippen LogP contribution is -2.55. The molecule has 0 aliphatic carbocycles. The van der Waals surface area contributed by atoms with E-state index in [2.05, 4.69) is 358 Å². The Kier molecular flexibility index (Phi) is 15.7. The molecule has 0 bridgehead atoms. The summed E-state index contributed by atoms with van der Waals surface area (Å²) in [6, 6.07) is 86.8. The maximum absolute atomic E-state index is 8.49. The lowest BCUT2D eigenvalue weighted by Gasteiger charge is -2.35. The molecule has 1 aliphatic heterocycles. The third-order valence-corrected chi connectivity index (χ3v) is 17.2. The zero-order valence-corrected chi connectivity index (χ0v) is 53.0. The molecule has 10 aromatic rings. The van der Waals surface area contributed by atoms with Gasteiger partial charge in [0.2, 0.25) is 0 Å². The highest BCUT2D eigenvalue weighted by molar-refractivity contribution is 6.85. The molecule has 0 spiro atoms. The van der Waals surface area contributed by atoms with Gasteiger partial charge >= 0.3 is 6.98 Å². The molecule has 0 atom stereocenters. The Hall–Kier alpha value is -8.45. The van der Waals surface area contributed by atoms with Gasteiger partial charge in [-0.05, 0) is 178 Å². The summed E-state index contributed by atoms with van der Waals surface area (Å²) in [5.74, 6) is 0. The zero-order valence-electron chi connectivity index (χ0n) is 52.2. The summed E-state index contributed by atoms with van der Waals surface area (Å²) in [6.45, 7) is 31.7. The van der Waals surface area contributed by atoms with Gasteiger partial charge in [0.05, 0.1) is 33.5 Å². The van der Waals surface area contributed by atoms with Gasteiger partial charge in [0.25, 0.3) is 0 Å². The Balaban J connectivity index is 1.23. The highest BCUT2D eigenvalue weighted by Gasteiger charge is 2.46. The number of hydrogen-bond donors (Lipinski definition) is 0. The standard InChI is InChI=1S/C78H81BClN5/c1-54-49-59(78(12,13)14)50-55(2)73(54)79-84(65-31-23-17-24-32-65)69-48-47-67(51-70(69)85(79)66-33-25-18-26-34-66)83(64-45-39-58(40-46-64)77(9,10)11)72-53-68(81(60-27-19-15-20-28-60)61-29-21-16-22-30-61)52-71(74(72)80)82(62-41-35-56(36-42-62)75(3,4)5)63-43-37-57(38-44-63)76(6,7)8/h15-53H,1-14H3. The fourth-order valence-corrected chi connectivity index (χ4v) is 12.3. The Labute approximate surface area is 512 Å². The van der Waals surface area contributed by atoms with E-state index in [0.717, 1.165) is 73.9 Å². The third kappa shape index (κ3) is 11.7. The molecule has 0 radical (unpaired) electrons. The van der Waals surface area contributed by atoms with Gasteiger partial charge in [-0.25, -0.2) is 0 Å². The summed E-state index contributed by atoms with van der Waals surface area (Å²) in [6.07, 6.45) is 0. The van der Waals surface area contributed by atoms with Crippen molar-refractivity contribution in [3.8, 4) is 0 Å². The predicted molar refractivity (Wildman–Crippen MR) is 369 cm³/mol. The van der Waals surface area contributed by atoms with Gasteiger partial charge in [-0.1, -0.05) is 227 Å². The lowest BCUT2D eigenvalue weighted by atomic mass is 9.60. The van der Waals surface area contributed by atoms with E-state index in [1.54, 1.807) is 0 Å². The van der Waals surface area contributed by atoms with Crippen molar-refractivity contribution < 1.29 is 0 Å². The average Bonchev–Trinajstić information content (AvgIpc) is 1.75. The van der Waals surface area contributed by atoms with Crippen LogP contribution in [0.5, 0.6) is 0 Å². The van der Waals surface area contributed by atoms with Crippen molar-refractivity contribution in [3.05, 3.63) is 275 Å². The van der Waals surface area contributed by atoms with Gasteiger partial charge in [0.1, 0.15) is 0 Å². The highest BCUT2D eigenvalue weighted by atomic mass is 35.5. The van der Waals surface area contributed by atoms with E-state index in [1.807, 2.05) is 0 Å². The average molecular weight is 1130 g/mol. The zero-order chi connectivity index (χ0) is 60.2. The van der Waals surface area contributed by atoms with Gasteiger partial charge in [0, 0.05) is 45.5 Å². The van der Waals surface area contributed by atoms with E-state index >= 15 is 0 Å². The molecule has 0 unspecified atom stereocenters. The molecule has 0 saturated heterocycles. The minimum Gasteiger partial charge on any atom is -0.360 e. The second kappa shape index (κ2) is 22.9. The number of halogens is 1. The molecule has 0 amide bonds. The van der Waals surface area contributed by atoms with Gasteiger partial charge in [-0.3, -0.25) is 0 Å². The number of rotatable bonds is 12. The molecule has 0 N–H and O–H groups in total. The van der Waals surface area contributed by atoms with Crippen LogP contribution < -0.4 is 29.8 Å². The Morgan fingerprint density at radius 2 is 0.624 bits per heavy atom. The number of benzene rings is 10. The van der Waals surface area contributed by atoms with Crippen LogP contribution >= 0.6 is 11.6 Å². The first-order valence-corrected chi connectivity index (χ1v) is 30.4. The summed E-state index contributed by atoms with van der Waals surface area (Å²) in [7, 11) is 0. The monoisotopic (exact) mass is 1130 g/mol. The van der Waals surface area contributed by atoms with E-state index in [-0.39, 0.29) is 28.6 Å². The molecule has 7 heteroatoms. The van der Waals surface area contributed by atoms with E-state index in [1.165, 1.54) is 38.8 Å². The number of hydrogen-bond acceptors (Lipinski definition) is 5. The fourth-order valence-electron chi connectivity index (χ4n) is 12.1. The maximum atomic E-state index is 8.49. The molecule has 5 nitrogen and oxygen atoms in total. The first-order chi connectivity index (χ1) is 40.5. The van der Waals surface area contributed by atoms with Crippen molar-refractivity contribution >= 4 is 98.0 Å². The highest BCUT2D eigenvalue weighted by Crippen LogP contribution is 2.54. The van der Waals surface area contributed by atoms with Crippen LogP contribution in [0.4, 0.5) is 73.9 Å². The van der Waals surface area contributed by atoms with Crippen molar-refractivity contribution in [3.63, 3.8) is 0 Å². The molecule has 0 aromatic heterocycles. The second-order valence-corrected chi connectivity index (χ2v) is 27.5. The molecule has 85 heavy (non-hydrogen) atoms. The lowest BCUT2D eigenvalue weighted by molar-refractivity contribution is 0.589. The topological polar surface area (TPSA) is 16.2 Å². The molecule has 11 rings (SSSR count). The molecule has 10 aromatic carbocycles. The molecule has 428 valence electrons. The van der Waals surface area contributed by atoms with Crippen LogP contribution in [0, 0.1) is 13.8 Å². The van der Waals surface area contributed by atoms with Crippen molar-refractivity contribution in [2.75, 3.05) is 24.3 Å². The summed E-state index contributed by atoms with van der Waals surface area (Å²) in [4.78, 5) is 12.2. The Morgan fingerprint density at radius 3 is 0.988 bits per heavy atom. The van der Waals surface area contributed by atoms with Gasteiger partial charge in [-0.2, -0.15) is 0 Å². The number of aryl methyl sites for hydroxylation is 2. The van der Waals surface area contributed by atoms with Crippen molar-refractivity contribution in [1.29, 1.82) is 0 Å². The van der Waals surface area contributed by atoms with Crippen LogP contribution in [-0.2, 0) is 21.7 Å². The summed E-state index contributed by atoms with van der Waals surface area (Å²) in [5, 5.41) is 0.596. The fraction of sp³-hybridized carbons (Fsp3) is 0.231. The van der Waals surface area contributed by atoms with Crippen LogP contribution in [0.1, 0.15) is 116 Å². The smallest absolute Gasteiger partial charge is 0.360 e. The van der Waals surface area contributed by atoms with Crippen LogP contribution in [0.25, 0.3) is 0 Å². The van der Waals surface area contributed by atoms with Gasteiger partial charge in [0.15, 0.2) is 0 Å². The summed E-state index contributed by atoms with van der Waals surface area (Å²) < 4.78 is 0. The largest absolute Gasteiger partial charge is 0.421 e. The van der Waals surface area contributed by atoms with E-state index in [9.17, 15) is 0 Å². The van der Waals surface area contributed by atoms with Crippen molar-refractivity contribution in [2.45, 2.75) is 119 Å². The SMILES string of the molecule is Cc1cc(C(C)(C)C)cc(C)c1B1N(c2ccccc2)c2ccc(N(c3ccc(C(C)(C)C)cc3)c3cc(N(c4ccccc4)c4ccccc4)cc(N(c4ccc(C(C)(C)C)cc4)c4ccc(C(C)(C)C)cc4)c3Cl)cc2N1c1ccccc1. The minimum absolute atomic E-state index is 0.0170. The van der Waals surface area contributed by atoms with Crippen LogP contribution in [-0.4, -0.2) is 6.98 Å².